The molecule has 1 aliphatic carbocycles. The number of fused-ring (bicyclic) bond motifs is 1. The highest BCUT2D eigenvalue weighted by Crippen LogP contribution is 2.40. The van der Waals surface area contributed by atoms with Crippen LogP contribution in [0, 0.1) is 0 Å². The van der Waals surface area contributed by atoms with Crippen molar-refractivity contribution in [3.05, 3.63) is 101 Å². The van der Waals surface area contributed by atoms with E-state index in [-0.39, 0.29) is 40.5 Å². The zero-order valence-corrected chi connectivity index (χ0v) is 21.8. The van der Waals surface area contributed by atoms with Crippen LogP contribution >= 0.6 is 0 Å². The summed E-state index contributed by atoms with van der Waals surface area (Å²) in [5.41, 5.74) is 1.60. The van der Waals surface area contributed by atoms with Crippen molar-refractivity contribution >= 4 is 32.4 Å². The first-order valence-corrected chi connectivity index (χ1v) is 14.1. The number of hydrogen-bond donors (Lipinski definition) is 1. The lowest BCUT2D eigenvalue weighted by Gasteiger charge is -2.10. The van der Waals surface area contributed by atoms with Crippen molar-refractivity contribution in [1.29, 1.82) is 0 Å². The molecule has 0 radical (unpaired) electrons. The minimum Gasteiger partial charge on any atom is -0.348 e. The van der Waals surface area contributed by atoms with Crippen molar-refractivity contribution in [3.8, 4) is 0 Å². The monoisotopic (exact) mass is 554 g/mol. The molecule has 0 saturated heterocycles. The van der Waals surface area contributed by atoms with Crippen LogP contribution in [0.2, 0.25) is 0 Å². The summed E-state index contributed by atoms with van der Waals surface area (Å²) in [7, 11) is -3.30. The van der Waals surface area contributed by atoms with Crippen LogP contribution in [-0.4, -0.2) is 30.4 Å². The molecule has 1 aromatic heterocycles. The van der Waals surface area contributed by atoms with Crippen molar-refractivity contribution in [3.63, 3.8) is 0 Å². The second-order valence-corrected chi connectivity index (χ2v) is 11.8. The standard InChI is InChI=1S/C29H25F3N2O4S/c1-2-39(37,38)24-12-3-18(4-13-24)17-33-28(36)20-7-14-25-21(15-20)16-26(34(25)23-10-11-23)27(35)19-5-8-22(9-6-19)29(30,31)32/h3-9,12-16,23H,2,10-11,17H2,1H3,(H,33,36). The number of nitrogens with zero attached hydrogens (tertiary/aromatic N) is 1. The number of alkyl halides is 3. The van der Waals surface area contributed by atoms with Crippen LogP contribution in [0.25, 0.3) is 10.9 Å². The highest BCUT2D eigenvalue weighted by molar-refractivity contribution is 7.91. The molecule has 4 aromatic rings. The van der Waals surface area contributed by atoms with Gasteiger partial charge in [0, 0.05) is 34.6 Å². The Morgan fingerprint density at radius 2 is 1.56 bits per heavy atom. The van der Waals surface area contributed by atoms with Gasteiger partial charge in [0.05, 0.1) is 21.9 Å². The first kappa shape index (κ1) is 26.7. The number of carbonyl (C=O) groups is 2. The third kappa shape index (κ3) is 5.47. The summed E-state index contributed by atoms with van der Waals surface area (Å²) >= 11 is 0. The lowest BCUT2D eigenvalue weighted by molar-refractivity contribution is -0.137. The second-order valence-electron chi connectivity index (χ2n) is 9.54. The number of hydrogen-bond acceptors (Lipinski definition) is 4. The van der Waals surface area contributed by atoms with Crippen LogP contribution in [0.3, 0.4) is 0 Å². The first-order chi connectivity index (χ1) is 18.5. The number of rotatable bonds is 8. The van der Waals surface area contributed by atoms with Gasteiger partial charge in [-0.05, 0) is 66.9 Å². The normalized spacial score (nSPS) is 13.9. The zero-order valence-electron chi connectivity index (χ0n) is 21.0. The fraction of sp³-hybridized carbons (Fsp3) is 0.241. The van der Waals surface area contributed by atoms with E-state index in [4.69, 9.17) is 0 Å². The molecule has 5 rings (SSSR count). The summed E-state index contributed by atoms with van der Waals surface area (Å²) in [6.45, 7) is 1.77. The summed E-state index contributed by atoms with van der Waals surface area (Å²) in [6, 6.07) is 17.4. The Balaban J connectivity index is 1.36. The number of amides is 1. The molecule has 0 bridgehead atoms. The fourth-order valence-electron chi connectivity index (χ4n) is 4.50. The van der Waals surface area contributed by atoms with Gasteiger partial charge in [0.2, 0.25) is 5.78 Å². The van der Waals surface area contributed by atoms with E-state index < -0.39 is 21.6 Å². The maximum atomic E-state index is 13.3. The van der Waals surface area contributed by atoms with Crippen molar-refractivity contribution < 1.29 is 31.2 Å². The highest BCUT2D eigenvalue weighted by Gasteiger charge is 2.32. The third-order valence-electron chi connectivity index (χ3n) is 6.84. The van der Waals surface area contributed by atoms with Crippen LogP contribution < -0.4 is 5.32 Å². The average molecular weight is 555 g/mol. The molecule has 1 saturated carbocycles. The molecule has 1 N–H and O–H groups in total. The number of sulfone groups is 1. The fourth-order valence-corrected chi connectivity index (χ4v) is 5.39. The number of carbonyl (C=O) groups excluding carboxylic acids is 2. The third-order valence-corrected chi connectivity index (χ3v) is 8.59. The molecule has 1 fully saturated rings. The van der Waals surface area contributed by atoms with Crippen LogP contribution in [-0.2, 0) is 22.6 Å². The van der Waals surface area contributed by atoms with Gasteiger partial charge in [0.25, 0.3) is 5.91 Å². The molecule has 39 heavy (non-hydrogen) atoms. The van der Waals surface area contributed by atoms with E-state index in [9.17, 15) is 31.2 Å². The van der Waals surface area contributed by atoms with Crippen molar-refractivity contribution in [1.82, 2.24) is 9.88 Å². The van der Waals surface area contributed by atoms with E-state index in [1.165, 1.54) is 24.3 Å². The Morgan fingerprint density at radius 3 is 2.15 bits per heavy atom. The molecular formula is C29H25F3N2O4S. The summed E-state index contributed by atoms with van der Waals surface area (Å²) in [4.78, 5) is 26.4. The van der Waals surface area contributed by atoms with Gasteiger partial charge in [0.1, 0.15) is 0 Å². The minimum atomic E-state index is -4.49. The number of nitrogens with one attached hydrogen (secondary N) is 1. The maximum absolute atomic E-state index is 13.3. The molecule has 3 aromatic carbocycles. The van der Waals surface area contributed by atoms with Crippen molar-refractivity contribution in [2.24, 2.45) is 0 Å². The van der Waals surface area contributed by atoms with Crippen LogP contribution in [0.1, 0.15) is 63.3 Å². The number of ketones is 1. The predicted molar refractivity (Wildman–Crippen MR) is 140 cm³/mol. The van der Waals surface area contributed by atoms with Crippen LogP contribution in [0.4, 0.5) is 13.2 Å². The SMILES string of the molecule is CCS(=O)(=O)c1ccc(CNC(=O)c2ccc3c(c2)cc(C(=O)c2ccc(C(F)(F)F)cc2)n3C2CC2)cc1. The number of aromatic nitrogens is 1. The van der Waals surface area contributed by atoms with Crippen molar-refractivity contribution in [2.45, 2.75) is 43.4 Å². The highest BCUT2D eigenvalue weighted by atomic mass is 32.2. The number of benzene rings is 3. The molecule has 6 nitrogen and oxygen atoms in total. The molecule has 0 aliphatic heterocycles. The Morgan fingerprint density at radius 1 is 0.923 bits per heavy atom. The van der Waals surface area contributed by atoms with Crippen LogP contribution in [0.5, 0.6) is 0 Å². The molecule has 1 heterocycles. The van der Waals surface area contributed by atoms with Gasteiger partial charge in [-0.2, -0.15) is 13.2 Å². The predicted octanol–water partition coefficient (Wildman–Crippen LogP) is 5.95. The molecule has 0 spiro atoms. The van der Waals surface area contributed by atoms with E-state index in [2.05, 4.69) is 5.32 Å². The van der Waals surface area contributed by atoms with Crippen molar-refractivity contribution in [2.75, 3.05) is 5.75 Å². The summed E-state index contributed by atoms with van der Waals surface area (Å²) < 4.78 is 64.7. The summed E-state index contributed by atoms with van der Waals surface area (Å²) in [5.74, 6) is -0.714. The van der Waals surface area contributed by atoms with E-state index >= 15 is 0 Å². The van der Waals surface area contributed by atoms with E-state index in [0.717, 1.165) is 36.1 Å². The first-order valence-electron chi connectivity index (χ1n) is 12.4. The number of halogens is 3. The van der Waals surface area contributed by atoms with Gasteiger partial charge in [-0.1, -0.05) is 31.2 Å². The van der Waals surface area contributed by atoms with E-state index in [0.29, 0.717) is 16.6 Å². The topological polar surface area (TPSA) is 85.2 Å². The molecule has 10 heteroatoms. The summed E-state index contributed by atoms with van der Waals surface area (Å²) in [6.07, 6.45) is -2.71. The van der Waals surface area contributed by atoms with E-state index in [1.54, 1.807) is 43.3 Å². The molecule has 0 unspecified atom stereocenters. The quantitative estimate of drug-likeness (QED) is 0.273. The lowest BCUT2D eigenvalue weighted by atomic mass is 10.1. The second kappa shape index (κ2) is 10.00. The summed E-state index contributed by atoms with van der Waals surface area (Å²) in [5, 5.41) is 3.50. The van der Waals surface area contributed by atoms with Crippen LogP contribution in [0.15, 0.2) is 77.7 Å². The molecule has 1 amide bonds. The van der Waals surface area contributed by atoms with Gasteiger partial charge >= 0.3 is 6.18 Å². The maximum Gasteiger partial charge on any atom is 0.416 e. The molecule has 0 atom stereocenters. The largest absolute Gasteiger partial charge is 0.416 e. The van der Waals surface area contributed by atoms with Gasteiger partial charge < -0.3 is 9.88 Å². The Hall–Kier alpha value is -3.92. The Labute approximate surface area is 223 Å². The van der Waals surface area contributed by atoms with Gasteiger partial charge in [-0.15, -0.1) is 0 Å². The Bertz CT molecular complexity index is 1670. The van der Waals surface area contributed by atoms with Gasteiger partial charge in [-0.25, -0.2) is 8.42 Å². The Kier molecular flexibility index (Phi) is 6.84. The smallest absolute Gasteiger partial charge is 0.348 e. The molecule has 202 valence electrons. The van der Waals surface area contributed by atoms with E-state index in [1.807, 2.05) is 4.57 Å². The molecule has 1 aliphatic rings. The zero-order chi connectivity index (χ0) is 27.9. The average Bonchev–Trinajstić information content (AvgIpc) is 3.70. The minimum absolute atomic E-state index is 0.00564. The van der Waals surface area contributed by atoms with Gasteiger partial charge in [-0.3, -0.25) is 9.59 Å². The lowest BCUT2D eigenvalue weighted by Crippen LogP contribution is -2.22. The van der Waals surface area contributed by atoms with Gasteiger partial charge in [0.15, 0.2) is 9.84 Å². The molecular weight excluding hydrogens is 529 g/mol.